The lowest BCUT2D eigenvalue weighted by atomic mass is 10.1. The Balaban J connectivity index is 2.23. The summed E-state index contributed by atoms with van der Waals surface area (Å²) in [6.45, 7) is 1.08. The second kappa shape index (κ2) is 4.88. The summed E-state index contributed by atoms with van der Waals surface area (Å²) in [4.78, 5) is 2.19. The second-order valence-corrected chi connectivity index (χ2v) is 4.83. The van der Waals surface area contributed by atoms with Gasteiger partial charge >= 0.3 is 0 Å². The zero-order valence-corrected chi connectivity index (χ0v) is 10.7. The quantitative estimate of drug-likeness (QED) is 0.789. The molecule has 92 valence electrons. The number of hydrogen-bond donors (Lipinski definition) is 0. The summed E-state index contributed by atoms with van der Waals surface area (Å²) < 4.78 is 15.2. The zero-order chi connectivity index (χ0) is 12.4. The summed E-state index contributed by atoms with van der Waals surface area (Å²) in [6.07, 6.45) is 4.28. The standard InChI is InChI=1S/C14H19FN2/c1-16(2)8-4-5-11-10-17(3)14-9-12(15)6-7-13(11)14/h6-7,9-10H,4-5,8H2,1-3H3. The van der Waals surface area contributed by atoms with E-state index in [1.807, 2.05) is 17.7 Å². The van der Waals surface area contributed by atoms with Gasteiger partial charge in [-0.3, -0.25) is 0 Å². The summed E-state index contributed by atoms with van der Waals surface area (Å²) >= 11 is 0. The number of aryl methyl sites for hydroxylation is 2. The van der Waals surface area contributed by atoms with Crippen LogP contribution in [0.4, 0.5) is 4.39 Å². The molecule has 0 radical (unpaired) electrons. The normalized spacial score (nSPS) is 11.6. The molecule has 2 nitrogen and oxygen atoms in total. The number of fused-ring (bicyclic) bond motifs is 1. The third-order valence-corrected chi connectivity index (χ3v) is 3.09. The van der Waals surface area contributed by atoms with Crippen LogP contribution in [0.25, 0.3) is 10.9 Å². The van der Waals surface area contributed by atoms with Crippen LogP contribution in [0.2, 0.25) is 0 Å². The maximum absolute atomic E-state index is 13.2. The fourth-order valence-electron chi connectivity index (χ4n) is 2.23. The van der Waals surface area contributed by atoms with Crippen molar-refractivity contribution in [2.45, 2.75) is 12.8 Å². The predicted octanol–water partition coefficient (Wildman–Crippen LogP) is 2.81. The number of hydrogen-bond acceptors (Lipinski definition) is 1. The van der Waals surface area contributed by atoms with E-state index in [2.05, 4.69) is 25.2 Å². The molecule has 0 saturated heterocycles. The molecule has 2 rings (SSSR count). The second-order valence-electron chi connectivity index (χ2n) is 4.83. The molecule has 3 heteroatoms. The first-order chi connectivity index (χ1) is 8.08. The van der Waals surface area contributed by atoms with Crippen LogP contribution >= 0.6 is 0 Å². The molecule has 0 atom stereocenters. The molecule has 0 N–H and O–H groups in total. The summed E-state index contributed by atoms with van der Waals surface area (Å²) in [6, 6.07) is 5.03. The van der Waals surface area contributed by atoms with Crippen LogP contribution in [0.3, 0.4) is 0 Å². The van der Waals surface area contributed by atoms with Gasteiger partial charge in [-0.2, -0.15) is 0 Å². The molecule has 1 heterocycles. The summed E-state index contributed by atoms with van der Waals surface area (Å²) in [7, 11) is 6.13. The van der Waals surface area contributed by atoms with Crippen molar-refractivity contribution in [3.05, 3.63) is 35.8 Å². The minimum Gasteiger partial charge on any atom is -0.350 e. The van der Waals surface area contributed by atoms with E-state index in [1.54, 1.807) is 6.07 Å². The molecule has 0 spiro atoms. The highest BCUT2D eigenvalue weighted by Crippen LogP contribution is 2.22. The van der Waals surface area contributed by atoms with Gasteiger partial charge in [-0.15, -0.1) is 0 Å². The lowest BCUT2D eigenvalue weighted by molar-refractivity contribution is 0.400. The van der Waals surface area contributed by atoms with Crippen LogP contribution in [0, 0.1) is 5.82 Å². The summed E-state index contributed by atoms with van der Waals surface area (Å²) in [5, 5.41) is 1.17. The fourth-order valence-corrected chi connectivity index (χ4v) is 2.23. The highest BCUT2D eigenvalue weighted by molar-refractivity contribution is 5.84. The zero-order valence-electron chi connectivity index (χ0n) is 10.7. The lowest BCUT2D eigenvalue weighted by Gasteiger charge is -2.08. The van der Waals surface area contributed by atoms with Gasteiger partial charge in [-0.05, 0) is 57.2 Å². The first kappa shape index (κ1) is 12.1. The van der Waals surface area contributed by atoms with Crippen LogP contribution in [-0.2, 0) is 13.5 Å². The largest absolute Gasteiger partial charge is 0.350 e. The van der Waals surface area contributed by atoms with E-state index in [4.69, 9.17) is 0 Å². The van der Waals surface area contributed by atoms with Crippen molar-refractivity contribution >= 4 is 10.9 Å². The van der Waals surface area contributed by atoms with Gasteiger partial charge < -0.3 is 9.47 Å². The van der Waals surface area contributed by atoms with E-state index in [1.165, 1.54) is 17.0 Å². The SMILES string of the molecule is CN(C)CCCc1cn(C)c2cc(F)ccc12. The van der Waals surface area contributed by atoms with Crippen molar-refractivity contribution in [1.29, 1.82) is 0 Å². The van der Waals surface area contributed by atoms with Crippen molar-refractivity contribution in [3.63, 3.8) is 0 Å². The number of aromatic nitrogens is 1. The Morgan fingerprint density at radius 3 is 2.76 bits per heavy atom. The molecule has 1 aromatic heterocycles. The van der Waals surface area contributed by atoms with Gasteiger partial charge in [-0.1, -0.05) is 0 Å². The van der Waals surface area contributed by atoms with Crippen molar-refractivity contribution in [1.82, 2.24) is 9.47 Å². The first-order valence-corrected chi connectivity index (χ1v) is 5.96. The van der Waals surface area contributed by atoms with Gasteiger partial charge in [0.2, 0.25) is 0 Å². The van der Waals surface area contributed by atoms with Gasteiger partial charge in [0, 0.05) is 18.6 Å². The molecular weight excluding hydrogens is 215 g/mol. The van der Waals surface area contributed by atoms with Gasteiger partial charge in [-0.25, -0.2) is 4.39 Å². The molecular formula is C14H19FN2. The van der Waals surface area contributed by atoms with Crippen molar-refractivity contribution in [2.24, 2.45) is 7.05 Å². The van der Waals surface area contributed by atoms with E-state index in [0.29, 0.717) is 0 Å². The number of rotatable bonds is 4. The third-order valence-electron chi connectivity index (χ3n) is 3.09. The maximum atomic E-state index is 13.2. The van der Waals surface area contributed by atoms with E-state index in [0.717, 1.165) is 24.9 Å². The number of halogens is 1. The fraction of sp³-hybridized carbons (Fsp3) is 0.429. The van der Waals surface area contributed by atoms with Gasteiger partial charge in [0.1, 0.15) is 5.82 Å². The Bertz CT molecular complexity index is 514. The average molecular weight is 234 g/mol. The van der Waals surface area contributed by atoms with E-state index in [-0.39, 0.29) is 5.82 Å². The smallest absolute Gasteiger partial charge is 0.125 e. The Morgan fingerprint density at radius 1 is 1.29 bits per heavy atom. The minimum absolute atomic E-state index is 0.168. The Kier molecular flexibility index (Phi) is 3.48. The van der Waals surface area contributed by atoms with Crippen LogP contribution in [0.15, 0.2) is 24.4 Å². The molecule has 0 aliphatic heterocycles. The van der Waals surface area contributed by atoms with Gasteiger partial charge in [0.25, 0.3) is 0 Å². The maximum Gasteiger partial charge on any atom is 0.125 e. The van der Waals surface area contributed by atoms with Crippen LogP contribution in [0.1, 0.15) is 12.0 Å². The Hall–Kier alpha value is -1.35. The first-order valence-electron chi connectivity index (χ1n) is 5.96. The van der Waals surface area contributed by atoms with Crippen LogP contribution in [-0.4, -0.2) is 30.1 Å². The molecule has 0 bridgehead atoms. The van der Waals surface area contributed by atoms with Gasteiger partial charge in [0.15, 0.2) is 0 Å². The predicted molar refractivity (Wildman–Crippen MR) is 69.8 cm³/mol. The molecule has 17 heavy (non-hydrogen) atoms. The molecule has 1 aromatic carbocycles. The van der Waals surface area contributed by atoms with Crippen molar-refractivity contribution in [3.8, 4) is 0 Å². The molecule has 0 amide bonds. The average Bonchev–Trinajstić information content (AvgIpc) is 2.55. The summed E-state index contributed by atoms with van der Waals surface area (Å²) in [5.41, 5.74) is 2.29. The third kappa shape index (κ3) is 2.67. The molecule has 0 aliphatic rings. The summed E-state index contributed by atoms with van der Waals surface area (Å²) in [5.74, 6) is -0.168. The van der Waals surface area contributed by atoms with Gasteiger partial charge in [0.05, 0.1) is 5.52 Å². The number of nitrogens with zero attached hydrogens (tertiary/aromatic N) is 2. The molecule has 2 aromatic rings. The number of benzene rings is 1. The topological polar surface area (TPSA) is 8.17 Å². The highest BCUT2D eigenvalue weighted by Gasteiger charge is 2.07. The molecule has 0 aliphatic carbocycles. The van der Waals surface area contributed by atoms with E-state index >= 15 is 0 Å². The van der Waals surface area contributed by atoms with Crippen molar-refractivity contribution in [2.75, 3.05) is 20.6 Å². The highest BCUT2D eigenvalue weighted by atomic mass is 19.1. The van der Waals surface area contributed by atoms with Crippen LogP contribution in [0.5, 0.6) is 0 Å². The van der Waals surface area contributed by atoms with E-state index < -0.39 is 0 Å². The van der Waals surface area contributed by atoms with Crippen LogP contribution < -0.4 is 0 Å². The minimum atomic E-state index is -0.168. The Morgan fingerprint density at radius 2 is 2.06 bits per heavy atom. The lowest BCUT2D eigenvalue weighted by Crippen LogP contribution is -2.13. The monoisotopic (exact) mass is 234 g/mol. The molecule has 0 fully saturated rings. The Labute approximate surface area is 102 Å². The van der Waals surface area contributed by atoms with Crippen molar-refractivity contribution < 1.29 is 4.39 Å². The molecule has 0 saturated carbocycles. The molecule has 0 unspecified atom stereocenters. The van der Waals surface area contributed by atoms with E-state index in [9.17, 15) is 4.39 Å².